The van der Waals surface area contributed by atoms with Crippen LogP contribution in [0, 0.1) is 6.92 Å². The van der Waals surface area contributed by atoms with Crippen LogP contribution in [0.25, 0.3) is 0 Å². The smallest absolute Gasteiger partial charge is 0.356 e. The van der Waals surface area contributed by atoms with Gasteiger partial charge in [-0.2, -0.15) is 0 Å². The second-order valence-electron chi connectivity index (χ2n) is 3.44. The highest BCUT2D eigenvalue weighted by atomic mass is 35.5. The van der Waals surface area contributed by atoms with Gasteiger partial charge in [-0.25, -0.2) is 9.59 Å². The fraction of sp³-hybridized carbons (Fsp3) is 0.333. The molecule has 0 unspecified atom stereocenters. The van der Waals surface area contributed by atoms with Crippen LogP contribution in [0.2, 0.25) is 0 Å². The third-order valence-corrected chi connectivity index (χ3v) is 2.27. The number of rotatable bonds is 5. The van der Waals surface area contributed by atoms with Crippen molar-refractivity contribution >= 4 is 23.8 Å². The van der Waals surface area contributed by atoms with Crippen LogP contribution in [0.1, 0.15) is 22.8 Å². The molecule has 0 saturated carbocycles. The summed E-state index contributed by atoms with van der Waals surface area (Å²) in [7, 11) is 0. The zero-order valence-corrected chi connectivity index (χ0v) is 10.8. The lowest BCUT2D eigenvalue weighted by molar-refractivity contribution is -0.145. The average molecular weight is 273 g/mol. The van der Waals surface area contributed by atoms with Crippen LogP contribution in [-0.4, -0.2) is 25.2 Å². The van der Waals surface area contributed by atoms with E-state index in [4.69, 9.17) is 21.3 Å². The van der Waals surface area contributed by atoms with Gasteiger partial charge in [-0.1, -0.05) is 0 Å². The van der Waals surface area contributed by atoms with E-state index in [9.17, 15) is 9.59 Å². The highest BCUT2D eigenvalue weighted by Gasteiger charge is 2.10. The lowest BCUT2D eigenvalue weighted by atomic mass is 10.1. The molecule has 0 aliphatic heterocycles. The summed E-state index contributed by atoms with van der Waals surface area (Å²) in [6.07, 6.45) is 0. The Bertz CT molecular complexity index is 444. The van der Waals surface area contributed by atoms with Gasteiger partial charge < -0.3 is 13.8 Å². The van der Waals surface area contributed by atoms with Crippen molar-refractivity contribution in [2.24, 2.45) is 0 Å². The largest absolute Gasteiger partial charge is 0.482 e. The first kappa shape index (κ1) is 14.3. The van der Waals surface area contributed by atoms with Crippen molar-refractivity contribution in [3.63, 3.8) is 0 Å². The van der Waals surface area contributed by atoms with Crippen LogP contribution in [0.15, 0.2) is 18.2 Å². The Morgan fingerprint density at radius 1 is 1.33 bits per heavy atom. The third kappa shape index (κ3) is 3.92. The van der Waals surface area contributed by atoms with Gasteiger partial charge in [0.25, 0.3) is 0 Å². The van der Waals surface area contributed by atoms with E-state index < -0.39 is 11.9 Å². The molecule has 0 spiro atoms. The molecule has 0 bridgehead atoms. The quantitative estimate of drug-likeness (QED) is 0.769. The Morgan fingerprint density at radius 3 is 2.61 bits per heavy atom. The van der Waals surface area contributed by atoms with Crippen molar-refractivity contribution in [2.45, 2.75) is 13.8 Å². The van der Waals surface area contributed by atoms with Crippen molar-refractivity contribution in [1.29, 1.82) is 0 Å². The standard InChI is InChI=1S/C12H13ClO5/c1-3-16-11(14)7-17-10-5-4-9(6-8(10)2)12(15)18-13/h4-6H,3,7H2,1-2H3. The summed E-state index contributed by atoms with van der Waals surface area (Å²) in [6, 6.07) is 4.63. The monoisotopic (exact) mass is 272 g/mol. The molecule has 0 N–H and O–H groups in total. The molecule has 0 amide bonds. The molecule has 1 aromatic rings. The zero-order chi connectivity index (χ0) is 13.5. The van der Waals surface area contributed by atoms with Gasteiger partial charge in [0, 0.05) is 0 Å². The summed E-state index contributed by atoms with van der Waals surface area (Å²) in [4.78, 5) is 22.3. The van der Waals surface area contributed by atoms with E-state index in [-0.39, 0.29) is 6.61 Å². The first-order valence-electron chi connectivity index (χ1n) is 5.30. The molecule has 0 saturated heterocycles. The van der Waals surface area contributed by atoms with Crippen molar-refractivity contribution in [2.75, 3.05) is 13.2 Å². The molecule has 0 heterocycles. The summed E-state index contributed by atoms with van der Waals surface area (Å²) in [6.45, 7) is 3.59. The molecule has 18 heavy (non-hydrogen) atoms. The lowest BCUT2D eigenvalue weighted by Crippen LogP contribution is -2.15. The van der Waals surface area contributed by atoms with Gasteiger partial charge in [0.2, 0.25) is 0 Å². The van der Waals surface area contributed by atoms with Crippen LogP contribution in [0.4, 0.5) is 0 Å². The van der Waals surface area contributed by atoms with Gasteiger partial charge in [-0.3, -0.25) is 0 Å². The second-order valence-corrected chi connectivity index (χ2v) is 3.59. The van der Waals surface area contributed by atoms with Gasteiger partial charge >= 0.3 is 11.9 Å². The summed E-state index contributed by atoms with van der Waals surface area (Å²) < 4.78 is 14.1. The van der Waals surface area contributed by atoms with Gasteiger partial charge in [0.1, 0.15) is 17.6 Å². The molecule has 0 aliphatic carbocycles. The molecule has 1 aromatic carbocycles. The minimum atomic E-state index is -0.642. The van der Waals surface area contributed by atoms with Gasteiger partial charge in [-0.05, 0) is 37.6 Å². The topological polar surface area (TPSA) is 61.8 Å². The maximum absolute atomic E-state index is 11.2. The molecular weight excluding hydrogens is 260 g/mol. The van der Waals surface area contributed by atoms with Crippen LogP contribution < -0.4 is 4.74 Å². The van der Waals surface area contributed by atoms with Crippen molar-refractivity contribution in [1.82, 2.24) is 0 Å². The summed E-state index contributed by atoms with van der Waals surface area (Å²) in [5, 5.41) is 0. The van der Waals surface area contributed by atoms with Crippen molar-refractivity contribution in [3.05, 3.63) is 29.3 Å². The fourth-order valence-corrected chi connectivity index (χ4v) is 1.41. The molecule has 0 aliphatic rings. The zero-order valence-electron chi connectivity index (χ0n) is 10.1. The number of hydrogen-bond donors (Lipinski definition) is 0. The van der Waals surface area contributed by atoms with E-state index in [1.807, 2.05) is 0 Å². The minimum Gasteiger partial charge on any atom is -0.482 e. The molecule has 1 rings (SSSR count). The molecule has 6 heteroatoms. The number of carbonyl (C=O) groups excluding carboxylic acids is 2. The van der Waals surface area contributed by atoms with E-state index >= 15 is 0 Å². The number of aryl methyl sites for hydroxylation is 1. The highest BCUT2D eigenvalue weighted by molar-refractivity contribution is 6.15. The first-order chi connectivity index (χ1) is 8.58. The Balaban J connectivity index is 2.68. The maximum atomic E-state index is 11.2. The normalized spacial score (nSPS) is 9.72. The number of halogens is 1. The number of hydrogen-bond acceptors (Lipinski definition) is 5. The van der Waals surface area contributed by atoms with E-state index in [0.717, 1.165) is 0 Å². The number of carbonyl (C=O) groups is 2. The average Bonchev–Trinajstić information content (AvgIpc) is 2.36. The minimum absolute atomic E-state index is 0.173. The van der Waals surface area contributed by atoms with Crippen molar-refractivity contribution in [3.8, 4) is 5.75 Å². The van der Waals surface area contributed by atoms with Crippen LogP contribution in [0.3, 0.4) is 0 Å². The molecule has 0 aromatic heterocycles. The summed E-state index contributed by atoms with van der Waals surface area (Å²) in [5.74, 6) is -0.591. The van der Waals surface area contributed by atoms with Gasteiger partial charge in [0.15, 0.2) is 6.61 Å². The highest BCUT2D eigenvalue weighted by Crippen LogP contribution is 2.19. The van der Waals surface area contributed by atoms with Crippen LogP contribution in [0.5, 0.6) is 5.75 Å². The molecule has 0 radical (unpaired) electrons. The maximum Gasteiger partial charge on any atom is 0.356 e. The Kier molecular flexibility index (Phi) is 5.45. The second kappa shape index (κ2) is 6.86. The molecule has 0 fully saturated rings. The van der Waals surface area contributed by atoms with Gasteiger partial charge in [0.05, 0.1) is 12.2 Å². The number of esters is 1. The Morgan fingerprint density at radius 2 is 2.06 bits per heavy atom. The van der Waals surface area contributed by atoms with Crippen LogP contribution >= 0.6 is 11.9 Å². The fourth-order valence-electron chi connectivity index (χ4n) is 1.32. The third-order valence-electron chi connectivity index (χ3n) is 2.13. The molecular formula is C12H13ClO5. The SMILES string of the molecule is CCOC(=O)COc1ccc(C(=O)OCl)cc1C. The van der Waals surface area contributed by atoms with Gasteiger partial charge in [-0.15, -0.1) is 0 Å². The Labute approximate surface area is 110 Å². The lowest BCUT2D eigenvalue weighted by Gasteiger charge is -2.09. The van der Waals surface area contributed by atoms with Crippen LogP contribution in [-0.2, 0) is 13.8 Å². The predicted octanol–water partition coefficient (Wildman–Crippen LogP) is 2.25. The number of benzene rings is 1. The molecule has 5 nitrogen and oxygen atoms in total. The van der Waals surface area contributed by atoms with E-state index in [2.05, 4.69) is 4.29 Å². The van der Waals surface area contributed by atoms with Crippen molar-refractivity contribution < 1.29 is 23.4 Å². The summed E-state index contributed by atoms with van der Waals surface area (Å²) >= 11 is 4.97. The van der Waals surface area contributed by atoms with E-state index in [1.54, 1.807) is 26.0 Å². The number of ether oxygens (including phenoxy) is 2. The predicted molar refractivity (Wildman–Crippen MR) is 64.6 cm³/mol. The van der Waals surface area contributed by atoms with E-state index in [1.165, 1.54) is 6.07 Å². The molecule has 98 valence electrons. The summed E-state index contributed by atoms with van der Waals surface area (Å²) in [5.41, 5.74) is 1.00. The first-order valence-corrected chi connectivity index (χ1v) is 5.61. The molecule has 0 atom stereocenters. The Hall–Kier alpha value is -1.75. The van der Waals surface area contributed by atoms with E-state index in [0.29, 0.717) is 23.5 Å².